The van der Waals surface area contributed by atoms with Crippen molar-refractivity contribution in [3.63, 3.8) is 0 Å². The Hall–Kier alpha value is -1.31. The number of carbonyl (C=O) groups excluding carboxylic acids is 1. The molecule has 0 saturated heterocycles. The van der Waals surface area contributed by atoms with E-state index >= 15 is 0 Å². The molecule has 4 heteroatoms. The first-order valence-corrected chi connectivity index (χ1v) is 5.56. The van der Waals surface area contributed by atoms with Crippen LogP contribution in [0, 0.1) is 6.92 Å². The van der Waals surface area contributed by atoms with E-state index in [0.29, 0.717) is 10.6 Å². The Balaban J connectivity index is 2.55. The molecule has 0 spiro atoms. The van der Waals surface area contributed by atoms with Crippen LogP contribution in [0.3, 0.4) is 0 Å². The molecule has 0 aromatic heterocycles. The maximum absolute atomic E-state index is 10.4. The molecule has 0 atom stereocenters. The van der Waals surface area contributed by atoms with E-state index in [1.807, 2.05) is 13.0 Å². The highest BCUT2D eigenvalue weighted by atomic mass is 35.5. The molecule has 3 nitrogen and oxygen atoms in total. The van der Waals surface area contributed by atoms with E-state index in [-0.39, 0.29) is 5.75 Å². The second kappa shape index (κ2) is 3.93. The fourth-order valence-electron chi connectivity index (χ4n) is 2.08. The number of hydrogen-bond acceptors (Lipinski definition) is 3. The Morgan fingerprint density at radius 3 is 2.69 bits per heavy atom. The summed E-state index contributed by atoms with van der Waals surface area (Å²) in [6, 6.07) is 3.62. The summed E-state index contributed by atoms with van der Waals surface area (Å²) in [5, 5.41) is 10.3. The fourth-order valence-corrected chi connectivity index (χ4v) is 2.25. The minimum atomic E-state index is -0.594. The molecular weight excluding hydrogens is 226 g/mol. The van der Waals surface area contributed by atoms with E-state index in [0.717, 1.165) is 24.8 Å². The molecule has 1 aliphatic carbocycles. The Labute approximate surface area is 98.8 Å². The van der Waals surface area contributed by atoms with Crippen molar-refractivity contribution in [2.45, 2.75) is 31.7 Å². The van der Waals surface area contributed by atoms with Crippen molar-refractivity contribution < 1.29 is 9.90 Å². The van der Waals surface area contributed by atoms with Crippen LogP contribution in [0.1, 0.15) is 30.4 Å². The third-order valence-corrected chi connectivity index (χ3v) is 3.73. The van der Waals surface area contributed by atoms with Gasteiger partial charge in [0.2, 0.25) is 6.08 Å². The lowest BCUT2D eigenvalue weighted by atomic mass is 9.72. The van der Waals surface area contributed by atoms with E-state index in [4.69, 9.17) is 11.6 Å². The predicted octanol–water partition coefficient (Wildman–Crippen LogP) is 3.07. The van der Waals surface area contributed by atoms with Crippen molar-refractivity contribution in [2.75, 3.05) is 0 Å². The van der Waals surface area contributed by atoms with Gasteiger partial charge in [0.1, 0.15) is 11.3 Å². The predicted molar refractivity (Wildman–Crippen MR) is 61.5 cm³/mol. The summed E-state index contributed by atoms with van der Waals surface area (Å²) >= 11 is 5.98. The van der Waals surface area contributed by atoms with Gasteiger partial charge in [-0.2, -0.15) is 4.99 Å². The largest absolute Gasteiger partial charge is 0.506 e. The van der Waals surface area contributed by atoms with Crippen LogP contribution in [0.4, 0.5) is 0 Å². The molecule has 1 N–H and O–H groups in total. The minimum absolute atomic E-state index is 0.0420. The van der Waals surface area contributed by atoms with Gasteiger partial charge in [-0.05, 0) is 31.7 Å². The van der Waals surface area contributed by atoms with Crippen LogP contribution in [0.5, 0.6) is 5.75 Å². The molecule has 1 saturated carbocycles. The van der Waals surface area contributed by atoms with Crippen LogP contribution in [-0.2, 0) is 10.3 Å². The number of aliphatic imine (C=N–C) groups is 1. The molecule has 1 aliphatic rings. The Bertz CT molecular complexity index is 474. The Kier molecular flexibility index (Phi) is 2.75. The molecular formula is C12H12ClNO2. The first-order valence-electron chi connectivity index (χ1n) is 5.18. The minimum Gasteiger partial charge on any atom is -0.506 e. The van der Waals surface area contributed by atoms with Crippen molar-refractivity contribution in [2.24, 2.45) is 4.99 Å². The third-order valence-electron chi connectivity index (χ3n) is 3.25. The maximum Gasteiger partial charge on any atom is 0.235 e. The van der Waals surface area contributed by atoms with Gasteiger partial charge in [0.25, 0.3) is 0 Å². The molecule has 2 rings (SSSR count). The Morgan fingerprint density at radius 2 is 2.19 bits per heavy atom. The molecule has 1 aromatic carbocycles. The van der Waals surface area contributed by atoms with E-state index < -0.39 is 5.54 Å². The summed E-state index contributed by atoms with van der Waals surface area (Å²) in [6.07, 6.45) is 4.11. The lowest BCUT2D eigenvalue weighted by Gasteiger charge is -2.37. The zero-order chi connectivity index (χ0) is 11.8. The number of isocyanates is 1. The van der Waals surface area contributed by atoms with E-state index in [1.54, 1.807) is 12.1 Å². The summed E-state index contributed by atoms with van der Waals surface area (Å²) in [7, 11) is 0. The Morgan fingerprint density at radius 1 is 1.50 bits per heavy atom. The highest BCUT2D eigenvalue weighted by Gasteiger charge is 2.41. The molecule has 16 heavy (non-hydrogen) atoms. The van der Waals surface area contributed by atoms with Gasteiger partial charge in [0, 0.05) is 5.56 Å². The van der Waals surface area contributed by atoms with Crippen LogP contribution < -0.4 is 0 Å². The zero-order valence-electron chi connectivity index (χ0n) is 8.96. The van der Waals surface area contributed by atoms with Crippen LogP contribution in [0.25, 0.3) is 0 Å². The topological polar surface area (TPSA) is 49.7 Å². The van der Waals surface area contributed by atoms with Crippen molar-refractivity contribution >= 4 is 17.7 Å². The quantitative estimate of drug-likeness (QED) is 0.635. The van der Waals surface area contributed by atoms with Crippen LogP contribution >= 0.6 is 11.6 Å². The normalized spacial score (nSPS) is 17.4. The average Bonchev–Trinajstić information content (AvgIpc) is 2.21. The molecule has 0 unspecified atom stereocenters. The highest BCUT2D eigenvalue weighted by Crippen LogP contribution is 2.49. The lowest BCUT2D eigenvalue weighted by molar-refractivity contribution is 0.248. The van der Waals surface area contributed by atoms with Crippen LogP contribution in [-0.4, -0.2) is 11.2 Å². The number of rotatable bonds is 2. The molecule has 0 aliphatic heterocycles. The summed E-state index contributed by atoms with van der Waals surface area (Å²) in [6.45, 7) is 1.82. The molecule has 0 radical (unpaired) electrons. The number of phenolic OH excluding ortho intramolecular Hbond substituents is 1. The number of hydrogen-bond donors (Lipinski definition) is 1. The van der Waals surface area contributed by atoms with Gasteiger partial charge in [-0.1, -0.05) is 23.7 Å². The average molecular weight is 238 g/mol. The van der Waals surface area contributed by atoms with Gasteiger partial charge < -0.3 is 5.11 Å². The molecule has 84 valence electrons. The fraction of sp³-hybridized carbons (Fsp3) is 0.417. The van der Waals surface area contributed by atoms with Gasteiger partial charge in [0.05, 0.1) is 5.02 Å². The van der Waals surface area contributed by atoms with Gasteiger partial charge in [-0.15, -0.1) is 0 Å². The van der Waals surface area contributed by atoms with Crippen molar-refractivity contribution in [1.29, 1.82) is 0 Å². The van der Waals surface area contributed by atoms with Gasteiger partial charge in [-0.25, -0.2) is 4.79 Å². The number of aromatic hydroxyl groups is 1. The second-order valence-electron chi connectivity index (χ2n) is 4.18. The smallest absolute Gasteiger partial charge is 0.235 e. The van der Waals surface area contributed by atoms with Gasteiger partial charge in [-0.3, -0.25) is 0 Å². The molecule has 1 aromatic rings. The monoisotopic (exact) mass is 237 g/mol. The first-order chi connectivity index (χ1) is 7.60. The van der Waals surface area contributed by atoms with Crippen molar-refractivity contribution in [3.05, 3.63) is 28.3 Å². The first kappa shape index (κ1) is 11.2. The third kappa shape index (κ3) is 1.53. The van der Waals surface area contributed by atoms with E-state index in [9.17, 15) is 9.90 Å². The second-order valence-corrected chi connectivity index (χ2v) is 4.56. The summed E-state index contributed by atoms with van der Waals surface area (Å²) < 4.78 is 0. The van der Waals surface area contributed by atoms with Crippen molar-refractivity contribution in [1.82, 2.24) is 0 Å². The van der Waals surface area contributed by atoms with E-state index in [2.05, 4.69) is 4.99 Å². The number of benzene rings is 1. The number of aryl methyl sites for hydroxylation is 1. The van der Waals surface area contributed by atoms with Crippen LogP contribution in [0.15, 0.2) is 17.1 Å². The number of phenols is 1. The van der Waals surface area contributed by atoms with E-state index in [1.165, 1.54) is 0 Å². The maximum atomic E-state index is 10.4. The number of halogens is 1. The summed E-state index contributed by atoms with van der Waals surface area (Å²) in [4.78, 5) is 14.3. The molecule has 0 bridgehead atoms. The SMILES string of the molecule is Cc1ccc(C2(N=C=O)CCC2)c(O)c1Cl. The van der Waals surface area contributed by atoms with Gasteiger partial charge >= 0.3 is 0 Å². The standard InChI is InChI=1S/C12H12ClNO2/c1-8-3-4-9(11(16)10(8)13)12(14-7-15)5-2-6-12/h3-4,16H,2,5-6H2,1H3. The van der Waals surface area contributed by atoms with Crippen LogP contribution in [0.2, 0.25) is 5.02 Å². The molecule has 1 fully saturated rings. The number of nitrogens with zero attached hydrogens (tertiary/aromatic N) is 1. The molecule has 0 amide bonds. The highest BCUT2D eigenvalue weighted by molar-refractivity contribution is 6.32. The summed E-state index contributed by atoms with van der Waals surface area (Å²) in [5.41, 5.74) is 0.855. The van der Waals surface area contributed by atoms with Crippen molar-refractivity contribution in [3.8, 4) is 5.75 Å². The lowest BCUT2D eigenvalue weighted by Crippen LogP contribution is -2.32. The molecule has 0 heterocycles. The van der Waals surface area contributed by atoms with Gasteiger partial charge in [0.15, 0.2) is 0 Å². The summed E-state index contributed by atoms with van der Waals surface area (Å²) in [5.74, 6) is 0.0420. The zero-order valence-corrected chi connectivity index (χ0v) is 9.71.